The van der Waals surface area contributed by atoms with Crippen LogP contribution in [0.25, 0.3) is 0 Å². The molecular weight excluding hydrogens is 434 g/mol. The number of hydrogen-bond acceptors (Lipinski definition) is 7. The van der Waals surface area contributed by atoms with Crippen LogP contribution in [0.1, 0.15) is 19.8 Å². The zero-order chi connectivity index (χ0) is 21.9. The van der Waals surface area contributed by atoms with Crippen LogP contribution in [0.15, 0.2) is 23.1 Å². The van der Waals surface area contributed by atoms with E-state index in [1.54, 1.807) is 13.0 Å². The lowest BCUT2D eigenvalue weighted by Crippen LogP contribution is -2.50. The molecule has 0 bridgehead atoms. The maximum atomic E-state index is 13.3. The highest BCUT2D eigenvalue weighted by Gasteiger charge is 2.34. The predicted molar refractivity (Wildman–Crippen MR) is 111 cm³/mol. The molecule has 10 nitrogen and oxygen atoms in total. The molecule has 1 aromatic rings. The van der Waals surface area contributed by atoms with Gasteiger partial charge < -0.3 is 14.4 Å². The van der Waals surface area contributed by atoms with Gasteiger partial charge in [-0.2, -0.15) is 4.31 Å². The molecule has 2 aliphatic heterocycles. The van der Waals surface area contributed by atoms with Crippen LogP contribution in [-0.2, 0) is 24.8 Å². The zero-order valence-electron chi connectivity index (χ0n) is 17.1. The SMILES string of the molecule is CCOC(=O)N1CCN(S(=O)(=O)c2cc(N3CCCCS3(=O)=O)ccc2OC)CC1. The first-order valence-electron chi connectivity index (χ1n) is 9.81. The van der Waals surface area contributed by atoms with Crippen LogP contribution in [0.2, 0.25) is 0 Å². The largest absolute Gasteiger partial charge is 0.495 e. The molecule has 2 saturated heterocycles. The normalized spacial score (nSPS) is 20.1. The van der Waals surface area contributed by atoms with Crippen molar-refractivity contribution in [3.63, 3.8) is 0 Å². The molecule has 0 spiro atoms. The third-order valence-electron chi connectivity index (χ3n) is 5.17. The second-order valence-corrected chi connectivity index (χ2v) is 10.9. The molecule has 3 rings (SSSR count). The van der Waals surface area contributed by atoms with Gasteiger partial charge in [-0.25, -0.2) is 21.6 Å². The molecule has 0 radical (unpaired) electrons. The predicted octanol–water partition coefficient (Wildman–Crippen LogP) is 1.09. The van der Waals surface area contributed by atoms with Crippen molar-refractivity contribution in [2.45, 2.75) is 24.7 Å². The van der Waals surface area contributed by atoms with Crippen molar-refractivity contribution in [3.8, 4) is 5.75 Å². The molecule has 0 aliphatic carbocycles. The summed E-state index contributed by atoms with van der Waals surface area (Å²) in [6, 6.07) is 4.38. The number of hydrogen-bond donors (Lipinski definition) is 0. The summed E-state index contributed by atoms with van der Waals surface area (Å²) in [5.41, 5.74) is 0.305. The molecule has 2 heterocycles. The van der Waals surface area contributed by atoms with Crippen LogP contribution in [0.5, 0.6) is 5.75 Å². The molecule has 0 atom stereocenters. The second-order valence-electron chi connectivity index (χ2n) is 7.02. The number of carbonyl (C=O) groups is 1. The van der Waals surface area contributed by atoms with E-state index in [9.17, 15) is 21.6 Å². The number of amides is 1. The van der Waals surface area contributed by atoms with Crippen LogP contribution < -0.4 is 9.04 Å². The summed E-state index contributed by atoms with van der Waals surface area (Å²) < 4.78 is 64.2. The topological polar surface area (TPSA) is 114 Å². The minimum atomic E-state index is -3.96. The van der Waals surface area contributed by atoms with Gasteiger partial charge in [0.1, 0.15) is 10.6 Å². The Balaban J connectivity index is 1.87. The van der Waals surface area contributed by atoms with E-state index in [4.69, 9.17) is 9.47 Å². The van der Waals surface area contributed by atoms with Crippen LogP contribution in [0, 0.1) is 0 Å². The Labute approximate surface area is 177 Å². The molecule has 2 aliphatic rings. The van der Waals surface area contributed by atoms with Gasteiger partial charge in [0, 0.05) is 32.7 Å². The first kappa shape index (κ1) is 22.6. The standard InChI is InChI=1S/C18H27N3O7S2/c1-3-28-18(22)19-9-11-20(12-10-19)30(25,26)17-14-15(6-7-16(17)27-2)21-8-4-5-13-29(21,23)24/h6-7,14H,3-5,8-13H2,1-2H3. The lowest BCUT2D eigenvalue weighted by atomic mass is 10.2. The first-order valence-corrected chi connectivity index (χ1v) is 12.9. The molecule has 12 heteroatoms. The molecule has 1 amide bonds. The van der Waals surface area contributed by atoms with Gasteiger partial charge in [-0.05, 0) is 38.0 Å². The molecule has 30 heavy (non-hydrogen) atoms. The van der Waals surface area contributed by atoms with Crippen molar-refractivity contribution in [1.82, 2.24) is 9.21 Å². The molecular formula is C18H27N3O7S2. The molecule has 168 valence electrons. The van der Waals surface area contributed by atoms with Crippen LogP contribution in [0.3, 0.4) is 0 Å². The smallest absolute Gasteiger partial charge is 0.409 e. The highest BCUT2D eigenvalue weighted by molar-refractivity contribution is 7.92. The second kappa shape index (κ2) is 8.98. The van der Waals surface area contributed by atoms with Gasteiger partial charge >= 0.3 is 6.09 Å². The number of carbonyl (C=O) groups excluding carboxylic acids is 1. The fourth-order valence-corrected chi connectivity index (χ4v) is 6.79. The van der Waals surface area contributed by atoms with Crippen LogP contribution in [0.4, 0.5) is 10.5 Å². The number of rotatable bonds is 5. The fraction of sp³-hybridized carbons (Fsp3) is 0.611. The van der Waals surface area contributed by atoms with Crippen LogP contribution >= 0.6 is 0 Å². The van der Waals surface area contributed by atoms with E-state index >= 15 is 0 Å². The number of piperazine rings is 1. The summed E-state index contributed by atoms with van der Waals surface area (Å²) in [6.07, 6.45) is 0.832. The Hall–Kier alpha value is -2.05. The maximum absolute atomic E-state index is 13.3. The number of benzene rings is 1. The van der Waals surface area contributed by atoms with E-state index in [0.29, 0.717) is 25.1 Å². The average Bonchev–Trinajstić information content (AvgIpc) is 2.73. The number of ether oxygens (including phenoxy) is 2. The Morgan fingerprint density at radius 3 is 2.40 bits per heavy atom. The van der Waals surface area contributed by atoms with Crippen molar-refractivity contribution in [1.29, 1.82) is 0 Å². The van der Waals surface area contributed by atoms with Gasteiger partial charge in [-0.15, -0.1) is 0 Å². The van der Waals surface area contributed by atoms with Crippen molar-refractivity contribution in [3.05, 3.63) is 18.2 Å². The monoisotopic (exact) mass is 461 g/mol. The molecule has 0 saturated carbocycles. The van der Waals surface area contributed by atoms with E-state index in [-0.39, 0.29) is 49.2 Å². The third kappa shape index (κ3) is 4.49. The summed E-state index contributed by atoms with van der Waals surface area (Å²) in [7, 11) is -6.07. The average molecular weight is 462 g/mol. The summed E-state index contributed by atoms with van der Waals surface area (Å²) in [5.74, 6) is 0.178. The molecule has 2 fully saturated rings. The fourth-order valence-electron chi connectivity index (χ4n) is 3.57. The van der Waals surface area contributed by atoms with Gasteiger partial charge in [0.15, 0.2) is 0 Å². The van der Waals surface area contributed by atoms with Crippen molar-refractivity contribution < 1.29 is 31.1 Å². The zero-order valence-corrected chi connectivity index (χ0v) is 18.7. The minimum Gasteiger partial charge on any atom is -0.495 e. The van der Waals surface area contributed by atoms with E-state index in [2.05, 4.69) is 0 Å². The van der Waals surface area contributed by atoms with Crippen molar-refractivity contribution >= 4 is 31.8 Å². The lowest BCUT2D eigenvalue weighted by molar-refractivity contribution is 0.0934. The van der Waals surface area contributed by atoms with Gasteiger partial charge in [0.2, 0.25) is 20.0 Å². The highest BCUT2D eigenvalue weighted by Crippen LogP contribution is 2.33. The summed E-state index contributed by atoms with van der Waals surface area (Å²) in [5, 5.41) is 0. The summed E-state index contributed by atoms with van der Waals surface area (Å²) in [4.78, 5) is 13.2. The van der Waals surface area contributed by atoms with Gasteiger partial charge in [0.25, 0.3) is 0 Å². The molecule has 0 unspecified atom stereocenters. The summed E-state index contributed by atoms with van der Waals surface area (Å²) in [6.45, 7) is 2.90. The van der Waals surface area contributed by atoms with Gasteiger partial charge in [-0.1, -0.05) is 0 Å². The Bertz CT molecular complexity index is 987. The Morgan fingerprint density at radius 1 is 1.10 bits per heavy atom. The number of anilines is 1. The summed E-state index contributed by atoms with van der Waals surface area (Å²) >= 11 is 0. The first-order chi connectivity index (χ1) is 14.2. The van der Waals surface area contributed by atoms with E-state index in [1.807, 2.05) is 0 Å². The van der Waals surface area contributed by atoms with Crippen molar-refractivity contribution in [2.24, 2.45) is 0 Å². The highest BCUT2D eigenvalue weighted by atomic mass is 32.2. The molecule has 1 aromatic carbocycles. The van der Waals surface area contributed by atoms with Gasteiger partial charge in [0.05, 0.1) is 25.2 Å². The lowest BCUT2D eigenvalue weighted by Gasteiger charge is -2.34. The van der Waals surface area contributed by atoms with Gasteiger partial charge in [-0.3, -0.25) is 4.31 Å². The molecule has 0 aromatic heterocycles. The van der Waals surface area contributed by atoms with Crippen molar-refractivity contribution in [2.75, 3.05) is 56.5 Å². The van der Waals surface area contributed by atoms with E-state index in [0.717, 1.165) is 0 Å². The Morgan fingerprint density at radius 2 is 1.80 bits per heavy atom. The number of sulfonamides is 2. The maximum Gasteiger partial charge on any atom is 0.409 e. The quantitative estimate of drug-likeness (QED) is 0.645. The van der Waals surface area contributed by atoms with Crippen LogP contribution in [-0.4, -0.2) is 84.3 Å². The number of methoxy groups -OCH3 is 1. The third-order valence-corrected chi connectivity index (χ3v) is 8.96. The molecule has 0 N–H and O–H groups in total. The number of nitrogens with zero attached hydrogens (tertiary/aromatic N) is 3. The van der Waals surface area contributed by atoms with E-state index < -0.39 is 26.1 Å². The minimum absolute atomic E-state index is 0.0386. The van der Waals surface area contributed by atoms with E-state index in [1.165, 1.54) is 32.8 Å². The Kier molecular flexibility index (Phi) is 6.78.